The molecule has 0 aliphatic carbocycles. The lowest BCUT2D eigenvalue weighted by atomic mass is 10.9. The van der Waals surface area contributed by atoms with Crippen molar-refractivity contribution in [1.29, 1.82) is 0 Å². The first kappa shape index (κ1) is 22.7. The van der Waals surface area contributed by atoms with Gasteiger partial charge in [0, 0.05) is 26.9 Å². The van der Waals surface area contributed by atoms with Gasteiger partial charge in [0.05, 0.1) is 0 Å². The molecule has 0 aliphatic rings. The SMILES string of the molecule is CC(=O)O[Si](C)(O[Si](C)(C)C)O[Si](C)(OC(C)=O)O[Si](C)(C)C. The van der Waals surface area contributed by atoms with E-state index in [1.807, 2.05) is 39.3 Å². The third kappa shape index (κ3) is 11.0. The van der Waals surface area contributed by atoms with Crippen LogP contribution in [0.4, 0.5) is 0 Å². The fraction of sp³-hybridized carbons (Fsp3) is 0.833. The number of carbonyl (C=O) groups excluding carboxylic acids is 2. The molecule has 23 heavy (non-hydrogen) atoms. The molecule has 0 N–H and O–H groups in total. The van der Waals surface area contributed by atoms with E-state index in [4.69, 9.17) is 21.2 Å². The lowest BCUT2D eigenvalue weighted by Crippen LogP contribution is -2.61. The third-order valence-electron chi connectivity index (χ3n) is 2.01. The van der Waals surface area contributed by atoms with Gasteiger partial charge in [-0.1, -0.05) is 0 Å². The molecule has 2 unspecified atom stereocenters. The fourth-order valence-electron chi connectivity index (χ4n) is 2.10. The summed E-state index contributed by atoms with van der Waals surface area (Å²) in [6, 6.07) is 0. The molecule has 0 fully saturated rings. The van der Waals surface area contributed by atoms with Crippen molar-refractivity contribution < 1.29 is 30.8 Å². The molecule has 0 amide bonds. The van der Waals surface area contributed by atoms with Crippen molar-refractivity contribution in [3.63, 3.8) is 0 Å². The van der Waals surface area contributed by atoms with E-state index < -0.39 is 46.2 Å². The number of carbonyl (C=O) groups is 2. The normalized spacial score (nSPS) is 17.8. The van der Waals surface area contributed by atoms with E-state index in [0.29, 0.717) is 0 Å². The highest BCUT2D eigenvalue weighted by atomic mass is 28.5. The maximum Gasteiger partial charge on any atom is 0.547 e. The largest absolute Gasteiger partial charge is 0.547 e. The van der Waals surface area contributed by atoms with E-state index in [9.17, 15) is 9.59 Å². The molecule has 0 aromatic rings. The second kappa shape index (κ2) is 7.71. The number of hydrogen-bond donors (Lipinski definition) is 0. The molecule has 0 bridgehead atoms. The van der Waals surface area contributed by atoms with Crippen LogP contribution in [0.15, 0.2) is 0 Å². The van der Waals surface area contributed by atoms with E-state index in [0.717, 1.165) is 0 Å². The van der Waals surface area contributed by atoms with Gasteiger partial charge in [-0.05, 0) is 39.3 Å². The zero-order valence-electron chi connectivity index (χ0n) is 15.9. The molecule has 0 rings (SSSR count). The van der Waals surface area contributed by atoms with Gasteiger partial charge in [0.25, 0.3) is 11.9 Å². The van der Waals surface area contributed by atoms with Crippen LogP contribution in [0, 0.1) is 0 Å². The molecule has 0 aromatic carbocycles. The molecule has 0 radical (unpaired) electrons. The van der Waals surface area contributed by atoms with E-state index >= 15 is 0 Å². The van der Waals surface area contributed by atoms with Crippen LogP contribution in [-0.2, 0) is 30.8 Å². The Bertz CT molecular complexity index is 406. The van der Waals surface area contributed by atoms with Crippen LogP contribution in [0.1, 0.15) is 13.8 Å². The maximum atomic E-state index is 11.5. The molecule has 7 nitrogen and oxygen atoms in total. The first-order valence-electron chi connectivity index (χ1n) is 7.45. The minimum Gasteiger partial charge on any atom is -0.475 e. The number of hydrogen-bond acceptors (Lipinski definition) is 7. The van der Waals surface area contributed by atoms with Crippen LogP contribution in [0.2, 0.25) is 52.4 Å². The van der Waals surface area contributed by atoms with Crippen molar-refractivity contribution >= 4 is 46.2 Å². The zero-order chi connectivity index (χ0) is 18.7. The lowest BCUT2D eigenvalue weighted by Gasteiger charge is -2.39. The van der Waals surface area contributed by atoms with E-state index in [2.05, 4.69) is 0 Å². The molecule has 11 heteroatoms. The number of rotatable bonds is 8. The Labute approximate surface area is 143 Å². The van der Waals surface area contributed by atoms with Crippen molar-refractivity contribution in [3.05, 3.63) is 0 Å². The van der Waals surface area contributed by atoms with Gasteiger partial charge in [-0.3, -0.25) is 9.59 Å². The van der Waals surface area contributed by atoms with Crippen LogP contribution in [0.5, 0.6) is 0 Å². The molecule has 0 aliphatic heterocycles. The topological polar surface area (TPSA) is 80.3 Å². The molecular formula is C12H30O7Si4. The van der Waals surface area contributed by atoms with Gasteiger partial charge in [-0.2, -0.15) is 0 Å². The minimum atomic E-state index is -3.36. The molecule has 0 spiro atoms. The molecule has 2 atom stereocenters. The van der Waals surface area contributed by atoms with Crippen LogP contribution in [0.3, 0.4) is 0 Å². The molecule has 0 saturated carbocycles. The first-order chi connectivity index (χ1) is 9.95. The monoisotopic (exact) mass is 398 g/mol. The summed E-state index contributed by atoms with van der Waals surface area (Å²) in [6.45, 7) is 17.7. The van der Waals surface area contributed by atoms with Crippen molar-refractivity contribution in [3.8, 4) is 0 Å². The van der Waals surface area contributed by atoms with Crippen LogP contribution in [-0.4, -0.2) is 46.2 Å². The molecule has 0 aromatic heterocycles. The first-order valence-corrected chi connectivity index (χ1v) is 18.7. The summed E-state index contributed by atoms with van der Waals surface area (Å²) in [4.78, 5) is 23.0. The summed E-state index contributed by atoms with van der Waals surface area (Å²) in [7, 11) is -10.8. The van der Waals surface area contributed by atoms with Crippen molar-refractivity contribution in [2.75, 3.05) is 0 Å². The molecule has 0 heterocycles. The Kier molecular flexibility index (Phi) is 7.61. The maximum absolute atomic E-state index is 11.5. The predicted molar refractivity (Wildman–Crippen MR) is 96.7 cm³/mol. The summed E-state index contributed by atoms with van der Waals surface area (Å²) >= 11 is 0. The summed E-state index contributed by atoms with van der Waals surface area (Å²) < 4.78 is 28.8. The van der Waals surface area contributed by atoms with Gasteiger partial charge < -0.3 is 21.2 Å². The summed E-state index contributed by atoms with van der Waals surface area (Å²) in [5.41, 5.74) is 0. The van der Waals surface area contributed by atoms with Crippen LogP contribution in [0.25, 0.3) is 0 Å². The van der Waals surface area contributed by atoms with E-state index in [-0.39, 0.29) is 0 Å². The van der Waals surface area contributed by atoms with Crippen molar-refractivity contribution in [2.24, 2.45) is 0 Å². The standard InChI is InChI=1S/C12H30O7Si4/c1-11(13)15-22(9,17-20(3,4)5)19-23(10,16-12(2)14)18-21(6,7)8/h1-10H3. The van der Waals surface area contributed by atoms with Crippen LogP contribution >= 0.6 is 0 Å². The smallest absolute Gasteiger partial charge is 0.475 e. The lowest BCUT2D eigenvalue weighted by molar-refractivity contribution is -0.136. The van der Waals surface area contributed by atoms with Gasteiger partial charge in [-0.15, -0.1) is 0 Å². The predicted octanol–water partition coefficient (Wildman–Crippen LogP) is 2.97. The Morgan fingerprint density at radius 2 is 0.826 bits per heavy atom. The second-order valence-corrected chi connectivity index (χ2v) is 22.2. The summed E-state index contributed by atoms with van der Waals surface area (Å²) in [5.74, 6) is -0.991. The highest BCUT2D eigenvalue weighted by molar-refractivity contribution is 6.86. The minimum absolute atomic E-state index is 0.496. The van der Waals surface area contributed by atoms with Gasteiger partial charge in [0.2, 0.25) is 0 Å². The fourth-order valence-corrected chi connectivity index (χ4v) is 16.5. The Balaban J connectivity index is 5.57. The van der Waals surface area contributed by atoms with E-state index in [1.54, 1.807) is 13.1 Å². The van der Waals surface area contributed by atoms with Gasteiger partial charge in [-0.25, -0.2) is 0 Å². The Morgan fingerprint density at radius 3 is 1.00 bits per heavy atom. The summed E-state index contributed by atoms with van der Waals surface area (Å²) in [5, 5.41) is 0. The average molecular weight is 399 g/mol. The average Bonchev–Trinajstić information content (AvgIpc) is 2.02. The quantitative estimate of drug-likeness (QED) is 0.581. The third-order valence-corrected chi connectivity index (χ3v) is 14.2. The van der Waals surface area contributed by atoms with Crippen LogP contribution < -0.4 is 0 Å². The van der Waals surface area contributed by atoms with Gasteiger partial charge >= 0.3 is 17.6 Å². The molecule has 136 valence electrons. The zero-order valence-corrected chi connectivity index (χ0v) is 19.9. The molecular weight excluding hydrogens is 368 g/mol. The highest BCUT2D eigenvalue weighted by Gasteiger charge is 2.54. The van der Waals surface area contributed by atoms with Crippen molar-refractivity contribution in [2.45, 2.75) is 66.2 Å². The second-order valence-electron chi connectivity index (χ2n) is 7.44. The Hall–Kier alpha value is -0.312. The molecule has 0 saturated heterocycles. The van der Waals surface area contributed by atoms with Crippen molar-refractivity contribution in [1.82, 2.24) is 0 Å². The van der Waals surface area contributed by atoms with Gasteiger partial charge in [0.1, 0.15) is 0 Å². The van der Waals surface area contributed by atoms with Gasteiger partial charge in [0.15, 0.2) is 16.6 Å². The Morgan fingerprint density at radius 1 is 0.565 bits per heavy atom. The highest BCUT2D eigenvalue weighted by Crippen LogP contribution is 2.26. The summed E-state index contributed by atoms with van der Waals surface area (Å²) in [6.07, 6.45) is 0. The van der Waals surface area contributed by atoms with E-state index in [1.165, 1.54) is 13.8 Å².